The number of carbonyl (C=O) groups is 1. The lowest BCUT2D eigenvalue weighted by Crippen LogP contribution is -2.44. The van der Waals surface area contributed by atoms with Gasteiger partial charge in [-0.25, -0.2) is 4.79 Å². The standard InChI is InChI=1S/C14H19BrN2O2/c1-10(12-6-2-3-7-13(12)15)16-14(19)17-8-4-5-11(17)9-18/h2-3,6-7,10-11,18H,4-5,8-9H2,1H3,(H,16,19). The zero-order chi connectivity index (χ0) is 13.8. The second kappa shape index (κ2) is 6.39. The SMILES string of the molecule is CC(NC(=O)N1CCCC1CO)c1ccccc1Br. The Labute approximate surface area is 121 Å². The molecule has 104 valence electrons. The number of benzene rings is 1. The minimum atomic E-state index is -0.0974. The third-order valence-electron chi connectivity index (χ3n) is 3.56. The van der Waals surface area contributed by atoms with Gasteiger partial charge in [0, 0.05) is 11.0 Å². The van der Waals surface area contributed by atoms with Gasteiger partial charge in [0.05, 0.1) is 18.7 Å². The van der Waals surface area contributed by atoms with Crippen molar-refractivity contribution in [3.63, 3.8) is 0 Å². The second-order valence-corrected chi connectivity index (χ2v) is 5.72. The summed E-state index contributed by atoms with van der Waals surface area (Å²) in [6.45, 7) is 2.72. The maximum atomic E-state index is 12.2. The molecule has 0 radical (unpaired) electrons. The highest BCUT2D eigenvalue weighted by atomic mass is 79.9. The molecule has 2 atom stereocenters. The molecule has 1 heterocycles. The van der Waals surface area contributed by atoms with E-state index >= 15 is 0 Å². The van der Waals surface area contributed by atoms with Gasteiger partial charge in [-0.2, -0.15) is 0 Å². The smallest absolute Gasteiger partial charge is 0.318 e. The monoisotopic (exact) mass is 326 g/mol. The molecule has 1 fully saturated rings. The van der Waals surface area contributed by atoms with E-state index < -0.39 is 0 Å². The molecule has 0 bridgehead atoms. The van der Waals surface area contributed by atoms with Gasteiger partial charge in [-0.05, 0) is 31.4 Å². The summed E-state index contributed by atoms with van der Waals surface area (Å²) in [7, 11) is 0. The number of aliphatic hydroxyl groups excluding tert-OH is 1. The van der Waals surface area contributed by atoms with Crippen LogP contribution in [-0.4, -0.2) is 35.2 Å². The molecule has 1 aromatic carbocycles. The fourth-order valence-electron chi connectivity index (χ4n) is 2.47. The Morgan fingerprint density at radius 1 is 1.58 bits per heavy atom. The maximum Gasteiger partial charge on any atom is 0.318 e. The lowest BCUT2D eigenvalue weighted by Gasteiger charge is -2.26. The minimum Gasteiger partial charge on any atom is -0.394 e. The van der Waals surface area contributed by atoms with E-state index in [9.17, 15) is 9.90 Å². The number of halogens is 1. The van der Waals surface area contributed by atoms with Crippen LogP contribution in [-0.2, 0) is 0 Å². The molecule has 2 rings (SSSR count). The summed E-state index contributed by atoms with van der Waals surface area (Å²) in [6, 6.07) is 7.65. The number of nitrogens with one attached hydrogen (secondary N) is 1. The molecule has 0 aliphatic carbocycles. The molecule has 0 aromatic heterocycles. The zero-order valence-electron chi connectivity index (χ0n) is 11.0. The third-order valence-corrected chi connectivity index (χ3v) is 4.28. The molecule has 2 unspecified atom stereocenters. The van der Waals surface area contributed by atoms with Crippen LogP contribution in [0.5, 0.6) is 0 Å². The average Bonchev–Trinajstić information content (AvgIpc) is 2.87. The summed E-state index contributed by atoms with van der Waals surface area (Å²) in [5, 5.41) is 12.2. The van der Waals surface area contributed by atoms with Crippen LogP contribution in [0.4, 0.5) is 4.79 Å². The molecule has 2 N–H and O–H groups in total. The first-order chi connectivity index (χ1) is 9.13. The van der Waals surface area contributed by atoms with Crippen LogP contribution in [0.15, 0.2) is 28.7 Å². The van der Waals surface area contributed by atoms with Gasteiger partial charge in [0.1, 0.15) is 0 Å². The first-order valence-corrected chi connectivity index (χ1v) is 7.35. The number of carbonyl (C=O) groups excluding carboxylic acids is 1. The van der Waals surface area contributed by atoms with E-state index in [0.717, 1.165) is 29.4 Å². The summed E-state index contributed by atoms with van der Waals surface area (Å²) in [4.78, 5) is 13.9. The molecule has 19 heavy (non-hydrogen) atoms. The van der Waals surface area contributed by atoms with Crippen LogP contribution in [0.25, 0.3) is 0 Å². The van der Waals surface area contributed by atoms with E-state index in [1.807, 2.05) is 31.2 Å². The van der Waals surface area contributed by atoms with Crippen molar-refractivity contribution in [2.24, 2.45) is 0 Å². The van der Waals surface area contributed by atoms with Crippen LogP contribution >= 0.6 is 15.9 Å². The van der Waals surface area contributed by atoms with E-state index in [1.54, 1.807) is 4.90 Å². The lowest BCUT2D eigenvalue weighted by atomic mass is 10.1. The Hall–Kier alpha value is -1.07. The summed E-state index contributed by atoms with van der Waals surface area (Å²) in [5.74, 6) is 0. The molecular formula is C14H19BrN2O2. The number of hydrogen-bond donors (Lipinski definition) is 2. The molecule has 5 heteroatoms. The van der Waals surface area contributed by atoms with Gasteiger partial charge < -0.3 is 15.3 Å². The number of hydrogen-bond acceptors (Lipinski definition) is 2. The van der Waals surface area contributed by atoms with Crippen molar-refractivity contribution >= 4 is 22.0 Å². The van der Waals surface area contributed by atoms with E-state index in [0.29, 0.717) is 0 Å². The third kappa shape index (κ3) is 3.28. The molecule has 1 aromatic rings. The van der Waals surface area contributed by atoms with Crippen LogP contribution < -0.4 is 5.32 Å². The number of likely N-dealkylation sites (tertiary alicyclic amines) is 1. The van der Waals surface area contributed by atoms with Gasteiger partial charge in [0.15, 0.2) is 0 Å². The Morgan fingerprint density at radius 2 is 2.32 bits per heavy atom. The normalized spacial score (nSPS) is 20.4. The minimum absolute atomic E-state index is 0.0357. The highest BCUT2D eigenvalue weighted by molar-refractivity contribution is 9.10. The molecule has 4 nitrogen and oxygen atoms in total. The molecule has 1 aliphatic rings. The van der Waals surface area contributed by atoms with Crippen molar-refractivity contribution < 1.29 is 9.90 Å². The Morgan fingerprint density at radius 3 is 3.00 bits per heavy atom. The van der Waals surface area contributed by atoms with Gasteiger partial charge >= 0.3 is 6.03 Å². The van der Waals surface area contributed by atoms with Gasteiger partial charge in [0.25, 0.3) is 0 Å². The first-order valence-electron chi connectivity index (χ1n) is 6.56. The van der Waals surface area contributed by atoms with E-state index in [4.69, 9.17) is 0 Å². The lowest BCUT2D eigenvalue weighted by molar-refractivity contribution is 0.155. The second-order valence-electron chi connectivity index (χ2n) is 4.86. The fourth-order valence-corrected chi connectivity index (χ4v) is 3.09. The Bertz CT molecular complexity index is 453. The van der Waals surface area contributed by atoms with Crippen LogP contribution in [0.2, 0.25) is 0 Å². The molecule has 1 aliphatic heterocycles. The van der Waals surface area contributed by atoms with Crippen molar-refractivity contribution in [2.45, 2.75) is 31.8 Å². The van der Waals surface area contributed by atoms with Crippen molar-refractivity contribution in [1.82, 2.24) is 10.2 Å². The van der Waals surface area contributed by atoms with Crippen LogP contribution in [0.3, 0.4) is 0 Å². The van der Waals surface area contributed by atoms with Crippen molar-refractivity contribution in [1.29, 1.82) is 0 Å². The van der Waals surface area contributed by atoms with Gasteiger partial charge in [-0.1, -0.05) is 34.1 Å². The number of aliphatic hydroxyl groups is 1. The van der Waals surface area contributed by atoms with Gasteiger partial charge in [-0.15, -0.1) is 0 Å². The molecule has 1 saturated heterocycles. The van der Waals surface area contributed by atoms with Crippen LogP contribution in [0.1, 0.15) is 31.4 Å². The van der Waals surface area contributed by atoms with E-state index in [1.165, 1.54) is 0 Å². The predicted molar refractivity (Wildman–Crippen MR) is 77.9 cm³/mol. The Kier molecular flexibility index (Phi) is 4.82. The highest BCUT2D eigenvalue weighted by Gasteiger charge is 2.28. The zero-order valence-corrected chi connectivity index (χ0v) is 12.6. The molecule has 0 saturated carbocycles. The van der Waals surface area contributed by atoms with Gasteiger partial charge in [-0.3, -0.25) is 0 Å². The number of nitrogens with zero attached hydrogens (tertiary/aromatic N) is 1. The topological polar surface area (TPSA) is 52.6 Å². The van der Waals surface area contributed by atoms with Crippen molar-refractivity contribution in [3.8, 4) is 0 Å². The molecule has 2 amide bonds. The van der Waals surface area contributed by atoms with Gasteiger partial charge in [0.2, 0.25) is 0 Å². The van der Waals surface area contributed by atoms with Crippen LogP contribution in [0, 0.1) is 0 Å². The summed E-state index contributed by atoms with van der Waals surface area (Å²) in [6.07, 6.45) is 1.84. The summed E-state index contributed by atoms with van der Waals surface area (Å²) < 4.78 is 0.989. The average molecular weight is 327 g/mol. The number of urea groups is 1. The van der Waals surface area contributed by atoms with Crippen molar-refractivity contribution in [3.05, 3.63) is 34.3 Å². The van der Waals surface area contributed by atoms with E-state index in [2.05, 4.69) is 21.2 Å². The predicted octanol–water partition coefficient (Wildman–Crippen LogP) is 2.68. The first kappa shape index (κ1) is 14.3. The quantitative estimate of drug-likeness (QED) is 0.897. The van der Waals surface area contributed by atoms with Crippen molar-refractivity contribution in [2.75, 3.05) is 13.2 Å². The highest BCUT2D eigenvalue weighted by Crippen LogP contribution is 2.24. The largest absolute Gasteiger partial charge is 0.394 e. The summed E-state index contributed by atoms with van der Waals surface area (Å²) in [5.41, 5.74) is 1.05. The Balaban J connectivity index is 2.01. The number of amides is 2. The number of rotatable bonds is 3. The fraction of sp³-hybridized carbons (Fsp3) is 0.500. The molecular weight excluding hydrogens is 308 g/mol. The molecule has 0 spiro atoms. The van der Waals surface area contributed by atoms with E-state index in [-0.39, 0.29) is 24.7 Å². The summed E-state index contributed by atoms with van der Waals surface area (Å²) >= 11 is 3.49. The maximum absolute atomic E-state index is 12.2.